The maximum absolute atomic E-state index is 13.0. The molecule has 3 aliphatic rings. The van der Waals surface area contributed by atoms with Gasteiger partial charge < -0.3 is 14.7 Å². The van der Waals surface area contributed by atoms with Gasteiger partial charge in [-0.15, -0.1) is 0 Å². The molecule has 1 aliphatic carbocycles. The van der Waals surface area contributed by atoms with Crippen molar-refractivity contribution in [1.29, 1.82) is 0 Å². The molecule has 4 rings (SSSR count). The van der Waals surface area contributed by atoms with Gasteiger partial charge in [0, 0.05) is 57.9 Å². The summed E-state index contributed by atoms with van der Waals surface area (Å²) in [4.78, 5) is 23.5. The summed E-state index contributed by atoms with van der Waals surface area (Å²) >= 11 is 0. The molecular weight excluding hydrogens is 402 g/mol. The van der Waals surface area contributed by atoms with Crippen LogP contribution in [0.15, 0.2) is 17.2 Å². The molecule has 1 aromatic rings. The first kappa shape index (κ1) is 21.4. The molecule has 30 heavy (non-hydrogen) atoms. The van der Waals surface area contributed by atoms with Crippen LogP contribution in [0.4, 0.5) is 11.5 Å². The van der Waals surface area contributed by atoms with E-state index in [9.17, 15) is 13.2 Å². The Kier molecular flexibility index (Phi) is 5.94. The highest BCUT2D eigenvalue weighted by atomic mass is 32.2. The fourth-order valence-corrected chi connectivity index (χ4v) is 6.19. The lowest BCUT2D eigenvalue weighted by Gasteiger charge is -2.34. The van der Waals surface area contributed by atoms with E-state index in [2.05, 4.69) is 16.6 Å². The van der Waals surface area contributed by atoms with Gasteiger partial charge in [-0.05, 0) is 51.5 Å². The maximum Gasteiger partial charge on any atom is 0.242 e. The number of likely N-dealkylation sites (N-methyl/N-ethyl adjacent to an activating group) is 2. The number of hydrogen-bond acceptors (Lipinski definition) is 6. The van der Waals surface area contributed by atoms with Gasteiger partial charge in [0.15, 0.2) is 5.82 Å². The first-order valence-electron chi connectivity index (χ1n) is 11.0. The van der Waals surface area contributed by atoms with Crippen LogP contribution in [0, 0.1) is 5.92 Å². The van der Waals surface area contributed by atoms with Gasteiger partial charge in [-0.1, -0.05) is 0 Å². The number of amides is 1. The van der Waals surface area contributed by atoms with Crippen LogP contribution < -0.4 is 14.5 Å². The van der Waals surface area contributed by atoms with Crippen molar-refractivity contribution in [1.82, 2.24) is 14.6 Å². The molecule has 3 heterocycles. The minimum Gasteiger partial charge on any atom is -0.370 e. The predicted molar refractivity (Wildman–Crippen MR) is 117 cm³/mol. The van der Waals surface area contributed by atoms with Crippen molar-refractivity contribution in [3.8, 4) is 0 Å². The Hall–Kier alpha value is -1.87. The molecule has 2 fully saturated rings. The zero-order chi connectivity index (χ0) is 21.5. The predicted octanol–water partition coefficient (Wildman–Crippen LogP) is 1.82. The highest BCUT2D eigenvalue weighted by Gasteiger charge is 2.34. The number of nitrogens with one attached hydrogen (secondary N) is 1. The van der Waals surface area contributed by atoms with Gasteiger partial charge >= 0.3 is 0 Å². The molecule has 1 amide bonds. The molecule has 1 atom stereocenters. The van der Waals surface area contributed by atoms with Crippen LogP contribution in [-0.2, 0) is 14.8 Å². The Balaban J connectivity index is 1.39. The number of rotatable bonds is 4. The molecule has 8 nitrogen and oxygen atoms in total. The first-order chi connectivity index (χ1) is 14.3. The monoisotopic (exact) mass is 435 g/mol. The minimum absolute atomic E-state index is 0.0286. The largest absolute Gasteiger partial charge is 0.370 e. The van der Waals surface area contributed by atoms with E-state index in [4.69, 9.17) is 0 Å². The van der Waals surface area contributed by atoms with Gasteiger partial charge in [0.1, 0.15) is 4.90 Å². The molecule has 2 aliphatic heterocycles. The second-order valence-corrected chi connectivity index (χ2v) is 10.8. The number of anilines is 2. The van der Waals surface area contributed by atoms with Crippen LogP contribution in [0.3, 0.4) is 0 Å². The molecule has 0 radical (unpaired) electrons. The van der Waals surface area contributed by atoms with Gasteiger partial charge in [-0.25, -0.2) is 18.1 Å². The Morgan fingerprint density at radius 3 is 2.43 bits per heavy atom. The SMILES string of the molecule is C[C@@H]1CCCN1C(=O)[C@H]1CC[C@H](NS(=O)(=O)c2cnc3c(c2)N(C)CCN3C)CC1. The average molecular weight is 436 g/mol. The summed E-state index contributed by atoms with van der Waals surface area (Å²) in [7, 11) is 0.272. The van der Waals surface area contributed by atoms with Crippen LogP contribution >= 0.6 is 0 Å². The van der Waals surface area contributed by atoms with Gasteiger partial charge in [0.05, 0.1) is 5.69 Å². The van der Waals surface area contributed by atoms with E-state index in [-0.39, 0.29) is 22.8 Å². The lowest BCUT2D eigenvalue weighted by Crippen LogP contribution is -2.43. The summed E-state index contributed by atoms with van der Waals surface area (Å²) < 4.78 is 28.8. The van der Waals surface area contributed by atoms with Crippen LogP contribution in [0.1, 0.15) is 45.4 Å². The van der Waals surface area contributed by atoms with Gasteiger partial charge in [-0.2, -0.15) is 0 Å². The van der Waals surface area contributed by atoms with Crippen molar-refractivity contribution >= 4 is 27.4 Å². The number of nitrogens with zero attached hydrogens (tertiary/aromatic N) is 4. The molecule has 1 N–H and O–H groups in total. The second-order valence-electron chi connectivity index (χ2n) is 9.05. The molecule has 1 saturated carbocycles. The fraction of sp³-hybridized carbons (Fsp3) is 0.714. The van der Waals surface area contributed by atoms with Crippen molar-refractivity contribution in [3.05, 3.63) is 12.3 Å². The third-order valence-corrected chi connectivity index (χ3v) is 8.40. The first-order valence-corrected chi connectivity index (χ1v) is 12.5. The van der Waals surface area contributed by atoms with E-state index in [0.717, 1.165) is 56.8 Å². The van der Waals surface area contributed by atoms with E-state index in [1.807, 2.05) is 28.8 Å². The number of carbonyl (C=O) groups excluding carboxylic acids is 1. The third-order valence-electron chi connectivity index (χ3n) is 6.91. The number of likely N-dealkylation sites (tertiary alicyclic amines) is 1. The van der Waals surface area contributed by atoms with Crippen molar-refractivity contribution in [2.45, 2.75) is 62.4 Å². The highest BCUT2D eigenvalue weighted by molar-refractivity contribution is 7.89. The summed E-state index contributed by atoms with van der Waals surface area (Å²) in [5.74, 6) is 1.09. The Labute approximate surface area is 179 Å². The molecule has 1 aromatic heterocycles. The van der Waals surface area contributed by atoms with Crippen LogP contribution in [0.25, 0.3) is 0 Å². The van der Waals surface area contributed by atoms with E-state index in [1.165, 1.54) is 6.20 Å². The minimum atomic E-state index is -3.65. The molecule has 1 saturated heterocycles. The number of pyridine rings is 1. The van der Waals surface area contributed by atoms with Gasteiger partial charge in [0.2, 0.25) is 15.9 Å². The van der Waals surface area contributed by atoms with Crippen molar-refractivity contribution in [2.24, 2.45) is 5.92 Å². The summed E-state index contributed by atoms with van der Waals surface area (Å²) in [5.41, 5.74) is 0.834. The average Bonchev–Trinajstić information content (AvgIpc) is 3.16. The summed E-state index contributed by atoms with van der Waals surface area (Å²) in [5, 5.41) is 0. The zero-order valence-corrected chi connectivity index (χ0v) is 19.0. The second kappa shape index (κ2) is 8.34. The van der Waals surface area contributed by atoms with Crippen molar-refractivity contribution in [2.75, 3.05) is 43.5 Å². The summed E-state index contributed by atoms with van der Waals surface area (Å²) in [6.45, 7) is 4.67. The Morgan fingerprint density at radius 2 is 1.77 bits per heavy atom. The molecular formula is C21H33N5O3S. The van der Waals surface area contributed by atoms with E-state index in [0.29, 0.717) is 18.9 Å². The number of fused-ring (bicyclic) bond motifs is 1. The molecule has 0 spiro atoms. The highest BCUT2D eigenvalue weighted by Crippen LogP contribution is 2.32. The number of hydrogen-bond donors (Lipinski definition) is 1. The Morgan fingerprint density at radius 1 is 1.07 bits per heavy atom. The number of sulfonamides is 1. The molecule has 0 bridgehead atoms. The lowest BCUT2D eigenvalue weighted by atomic mass is 9.85. The summed E-state index contributed by atoms with van der Waals surface area (Å²) in [6, 6.07) is 1.92. The molecule has 166 valence electrons. The smallest absolute Gasteiger partial charge is 0.242 e. The van der Waals surface area contributed by atoms with Gasteiger partial charge in [0.25, 0.3) is 0 Å². The Bertz CT molecular complexity index is 898. The molecule has 0 aromatic carbocycles. The fourth-order valence-electron chi connectivity index (χ4n) is 4.92. The standard InChI is InChI=1S/C21H33N5O3S/c1-15-5-4-10-26(15)21(27)16-6-8-17(9-7-16)23-30(28,29)18-13-19-20(22-14-18)25(3)12-11-24(19)2/h13-17,23H,4-12H2,1-3H3/t15-,16-,17-/m1/s1. The van der Waals surface area contributed by atoms with Crippen LogP contribution in [0.5, 0.6) is 0 Å². The third kappa shape index (κ3) is 4.14. The normalized spacial score (nSPS) is 27.3. The van der Waals surface area contributed by atoms with Crippen LogP contribution in [-0.4, -0.2) is 70.0 Å². The quantitative estimate of drug-likeness (QED) is 0.776. The topological polar surface area (TPSA) is 85.8 Å². The van der Waals surface area contributed by atoms with E-state index < -0.39 is 10.0 Å². The molecule has 9 heteroatoms. The van der Waals surface area contributed by atoms with E-state index in [1.54, 1.807) is 6.07 Å². The maximum atomic E-state index is 13.0. The summed E-state index contributed by atoms with van der Waals surface area (Å²) in [6.07, 6.45) is 6.48. The van der Waals surface area contributed by atoms with Crippen molar-refractivity contribution in [3.63, 3.8) is 0 Å². The van der Waals surface area contributed by atoms with Crippen molar-refractivity contribution < 1.29 is 13.2 Å². The lowest BCUT2D eigenvalue weighted by molar-refractivity contribution is -0.137. The number of carbonyl (C=O) groups is 1. The van der Waals surface area contributed by atoms with Gasteiger partial charge in [-0.3, -0.25) is 4.79 Å². The van der Waals surface area contributed by atoms with Crippen LogP contribution in [0.2, 0.25) is 0 Å². The number of aromatic nitrogens is 1. The zero-order valence-electron chi connectivity index (χ0n) is 18.2. The molecule has 0 unspecified atom stereocenters. The van der Waals surface area contributed by atoms with E-state index >= 15 is 0 Å².